The Morgan fingerprint density at radius 2 is 1.68 bits per heavy atom. The van der Waals surface area contributed by atoms with Crippen LogP contribution in [0.25, 0.3) is 0 Å². The average molecular weight is 529 g/mol. The van der Waals surface area contributed by atoms with Gasteiger partial charge in [0, 0.05) is 22.6 Å². The van der Waals surface area contributed by atoms with Crippen molar-refractivity contribution in [1.82, 2.24) is 10.2 Å². The molecule has 1 unspecified atom stereocenters. The van der Waals surface area contributed by atoms with Gasteiger partial charge >= 0.3 is 0 Å². The molecule has 0 saturated heterocycles. The number of nitrogens with one attached hydrogen (secondary N) is 1. The van der Waals surface area contributed by atoms with Crippen molar-refractivity contribution < 1.29 is 18.0 Å². The van der Waals surface area contributed by atoms with E-state index in [2.05, 4.69) is 5.32 Å². The molecule has 1 N–H and O–H groups in total. The van der Waals surface area contributed by atoms with E-state index in [0.29, 0.717) is 16.5 Å². The van der Waals surface area contributed by atoms with Crippen LogP contribution in [-0.2, 0) is 26.2 Å². The van der Waals surface area contributed by atoms with E-state index < -0.39 is 28.5 Å². The highest BCUT2D eigenvalue weighted by Crippen LogP contribution is 2.25. The summed E-state index contributed by atoms with van der Waals surface area (Å²) in [6.45, 7) is 6.92. The molecule has 0 saturated carbocycles. The maximum Gasteiger partial charge on any atom is 0.244 e. The Kier molecular flexibility index (Phi) is 9.79. The molecule has 2 aromatic rings. The third kappa shape index (κ3) is 7.61. The number of hydrogen-bond donors (Lipinski definition) is 1. The van der Waals surface area contributed by atoms with Gasteiger partial charge in [0.25, 0.3) is 0 Å². The zero-order chi connectivity index (χ0) is 25.6. The van der Waals surface area contributed by atoms with Crippen LogP contribution in [0.3, 0.4) is 0 Å². The number of anilines is 1. The lowest BCUT2D eigenvalue weighted by atomic mass is 10.1. The standard InChI is InChI=1S/C24H31Cl2N3O4S/c1-6-22(24(31)27-16(2)3)28(14-18-8-10-19(25)11-9-18)23(30)15-29(34(5,32)33)20-12-7-17(4)21(26)13-20/h7-13,16,22H,6,14-15H2,1-5H3,(H,27,31). The van der Waals surface area contributed by atoms with E-state index in [1.54, 1.807) is 50.2 Å². The molecule has 0 fully saturated rings. The molecule has 0 heterocycles. The zero-order valence-electron chi connectivity index (χ0n) is 20.0. The van der Waals surface area contributed by atoms with E-state index in [4.69, 9.17) is 23.2 Å². The third-order valence-electron chi connectivity index (χ3n) is 5.21. The van der Waals surface area contributed by atoms with Crippen LogP contribution < -0.4 is 9.62 Å². The summed E-state index contributed by atoms with van der Waals surface area (Å²) in [7, 11) is -3.82. The summed E-state index contributed by atoms with van der Waals surface area (Å²) in [5.74, 6) is -0.813. The van der Waals surface area contributed by atoms with Crippen LogP contribution in [0.1, 0.15) is 38.3 Å². The van der Waals surface area contributed by atoms with Crippen molar-refractivity contribution in [2.45, 2.75) is 52.7 Å². The molecule has 186 valence electrons. The van der Waals surface area contributed by atoms with Gasteiger partial charge in [-0.2, -0.15) is 0 Å². The number of hydrogen-bond acceptors (Lipinski definition) is 4. The molecule has 10 heteroatoms. The second-order valence-electron chi connectivity index (χ2n) is 8.44. The monoisotopic (exact) mass is 527 g/mol. The zero-order valence-corrected chi connectivity index (χ0v) is 22.3. The largest absolute Gasteiger partial charge is 0.352 e. The lowest BCUT2D eigenvalue weighted by Gasteiger charge is -2.33. The van der Waals surface area contributed by atoms with E-state index in [1.165, 1.54) is 11.0 Å². The van der Waals surface area contributed by atoms with Crippen molar-refractivity contribution in [2.75, 3.05) is 17.1 Å². The van der Waals surface area contributed by atoms with Crippen molar-refractivity contribution in [1.29, 1.82) is 0 Å². The summed E-state index contributed by atoms with van der Waals surface area (Å²) < 4.78 is 26.2. The summed E-state index contributed by atoms with van der Waals surface area (Å²) in [6, 6.07) is 10.8. The molecule has 1 atom stereocenters. The van der Waals surface area contributed by atoms with E-state index in [-0.39, 0.29) is 24.2 Å². The predicted octanol–water partition coefficient (Wildman–Crippen LogP) is 4.40. The Bertz CT molecular complexity index is 1120. The SMILES string of the molecule is CCC(C(=O)NC(C)C)N(Cc1ccc(Cl)cc1)C(=O)CN(c1ccc(C)c(Cl)c1)S(C)(=O)=O. The van der Waals surface area contributed by atoms with E-state index >= 15 is 0 Å². The number of amides is 2. The molecule has 0 aliphatic heterocycles. The molecule has 2 aromatic carbocycles. The maximum atomic E-state index is 13.6. The lowest BCUT2D eigenvalue weighted by Crippen LogP contribution is -2.53. The van der Waals surface area contributed by atoms with Crippen LogP contribution in [0.5, 0.6) is 0 Å². The second kappa shape index (κ2) is 11.9. The van der Waals surface area contributed by atoms with Gasteiger partial charge in [0.2, 0.25) is 21.8 Å². The second-order valence-corrected chi connectivity index (χ2v) is 11.2. The fourth-order valence-corrected chi connectivity index (χ4v) is 4.58. The summed E-state index contributed by atoms with van der Waals surface area (Å²) in [4.78, 5) is 27.9. The topological polar surface area (TPSA) is 86.8 Å². The summed E-state index contributed by atoms with van der Waals surface area (Å²) in [6.07, 6.45) is 1.38. The molecular formula is C24H31Cl2N3O4S. The minimum atomic E-state index is -3.82. The number of nitrogens with zero attached hydrogens (tertiary/aromatic N) is 2. The number of aryl methyl sites for hydroxylation is 1. The van der Waals surface area contributed by atoms with Crippen LogP contribution in [0.15, 0.2) is 42.5 Å². The van der Waals surface area contributed by atoms with Crippen LogP contribution >= 0.6 is 23.2 Å². The van der Waals surface area contributed by atoms with Gasteiger partial charge in [0.05, 0.1) is 11.9 Å². The first-order valence-corrected chi connectivity index (χ1v) is 13.5. The minimum absolute atomic E-state index is 0.115. The van der Waals surface area contributed by atoms with Gasteiger partial charge in [-0.15, -0.1) is 0 Å². The van der Waals surface area contributed by atoms with Gasteiger partial charge in [-0.05, 0) is 62.6 Å². The van der Waals surface area contributed by atoms with Crippen molar-refractivity contribution >= 4 is 50.7 Å². The van der Waals surface area contributed by atoms with Gasteiger partial charge < -0.3 is 10.2 Å². The van der Waals surface area contributed by atoms with Crippen molar-refractivity contribution in [3.63, 3.8) is 0 Å². The Morgan fingerprint density at radius 1 is 1.06 bits per heavy atom. The molecule has 34 heavy (non-hydrogen) atoms. The number of carbonyl (C=O) groups excluding carboxylic acids is 2. The molecule has 0 aliphatic carbocycles. The number of rotatable bonds is 10. The highest BCUT2D eigenvalue weighted by Gasteiger charge is 2.32. The molecule has 0 radical (unpaired) electrons. The van der Waals surface area contributed by atoms with Crippen LogP contribution in [0.4, 0.5) is 5.69 Å². The first-order valence-electron chi connectivity index (χ1n) is 10.9. The van der Waals surface area contributed by atoms with E-state index in [0.717, 1.165) is 21.7 Å². The molecular weight excluding hydrogens is 497 g/mol. The molecule has 2 amide bonds. The normalized spacial score (nSPS) is 12.4. The minimum Gasteiger partial charge on any atom is -0.352 e. The average Bonchev–Trinajstić information content (AvgIpc) is 2.74. The summed E-state index contributed by atoms with van der Waals surface area (Å²) in [5, 5.41) is 3.78. The molecule has 2 rings (SSSR count). The quantitative estimate of drug-likeness (QED) is 0.495. The molecule has 0 aliphatic rings. The highest BCUT2D eigenvalue weighted by atomic mass is 35.5. The van der Waals surface area contributed by atoms with Crippen molar-refractivity contribution in [3.8, 4) is 0 Å². The first kappa shape index (κ1) is 28.0. The smallest absolute Gasteiger partial charge is 0.244 e. The Morgan fingerprint density at radius 3 is 2.18 bits per heavy atom. The summed E-state index contributed by atoms with van der Waals surface area (Å²) >= 11 is 12.2. The first-order chi connectivity index (χ1) is 15.8. The predicted molar refractivity (Wildman–Crippen MR) is 138 cm³/mol. The number of sulfonamides is 1. The highest BCUT2D eigenvalue weighted by molar-refractivity contribution is 7.92. The van der Waals surface area contributed by atoms with Crippen molar-refractivity contribution in [2.24, 2.45) is 0 Å². The molecule has 0 aromatic heterocycles. The van der Waals surface area contributed by atoms with Crippen molar-refractivity contribution in [3.05, 3.63) is 63.6 Å². The molecule has 0 spiro atoms. The summed E-state index contributed by atoms with van der Waals surface area (Å²) in [5.41, 5.74) is 1.82. The van der Waals surface area contributed by atoms with Gasteiger partial charge in [-0.3, -0.25) is 13.9 Å². The fraction of sp³-hybridized carbons (Fsp3) is 0.417. The van der Waals surface area contributed by atoms with Crippen LogP contribution in [-0.4, -0.2) is 50.0 Å². The fourth-order valence-electron chi connectivity index (χ4n) is 3.44. The Hall–Kier alpha value is -2.29. The number of benzene rings is 2. The van der Waals surface area contributed by atoms with Crippen LogP contribution in [0.2, 0.25) is 10.0 Å². The van der Waals surface area contributed by atoms with Gasteiger partial charge in [-0.1, -0.05) is 48.3 Å². The maximum absolute atomic E-state index is 13.6. The lowest BCUT2D eigenvalue weighted by molar-refractivity contribution is -0.140. The molecule has 7 nitrogen and oxygen atoms in total. The van der Waals surface area contributed by atoms with Gasteiger partial charge in [0.1, 0.15) is 12.6 Å². The number of halogens is 2. The van der Waals surface area contributed by atoms with Crippen LogP contribution in [0, 0.1) is 6.92 Å². The van der Waals surface area contributed by atoms with E-state index in [1.807, 2.05) is 13.8 Å². The Labute approximate surface area is 212 Å². The Balaban J connectivity index is 2.45. The number of carbonyl (C=O) groups is 2. The van der Waals surface area contributed by atoms with Gasteiger partial charge in [-0.25, -0.2) is 8.42 Å². The van der Waals surface area contributed by atoms with E-state index in [9.17, 15) is 18.0 Å². The molecule has 0 bridgehead atoms. The van der Waals surface area contributed by atoms with Gasteiger partial charge in [0.15, 0.2) is 0 Å². The third-order valence-corrected chi connectivity index (χ3v) is 7.01.